The maximum absolute atomic E-state index is 14.2. The summed E-state index contributed by atoms with van der Waals surface area (Å²) >= 11 is 0. The maximum Gasteiger partial charge on any atom is 0.339 e. The van der Waals surface area contributed by atoms with Gasteiger partial charge in [-0.05, 0) is 41.3 Å². The van der Waals surface area contributed by atoms with Gasteiger partial charge in [0.1, 0.15) is 98.0 Å². The molecular weight excluding hydrogens is 832 g/mol. The summed E-state index contributed by atoms with van der Waals surface area (Å²) in [4.78, 5) is 27.9. The molecule has 3 aliphatic heterocycles. The molecule has 0 radical (unpaired) electrons. The molecule has 22 heteroatoms. The maximum atomic E-state index is 14.2. The van der Waals surface area contributed by atoms with Gasteiger partial charge < -0.3 is 99.2 Å². The smallest absolute Gasteiger partial charge is 0.339 e. The van der Waals surface area contributed by atoms with E-state index >= 15 is 0 Å². The van der Waals surface area contributed by atoms with Gasteiger partial charge in [0.25, 0.3) is 0 Å². The van der Waals surface area contributed by atoms with E-state index in [0.29, 0.717) is 11.1 Å². The van der Waals surface area contributed by atoms with E-state index in [1.165, 1.54) is 48.5 Å². The first-order valence-electron chi connectivity index (χ1n) is 19.9. The van der Waals surface area contributed by atoms with Crippen LogP contribution in [0.1, 0.15) is 37.8 Å². The number of carbonyl (C=O) groups is 2. The van der Waals surface area contributed by atoms with Crippen LogP contribution < -0.4 is 9.47 Å². The summed E-state index contributed by atoms with van der Waals surface area (Å²) in [6.45, 7) is 0.352. The van der Waals surface area contributed by atoms with Crippen molar-refractivity contribution in [2.24, 2.45) is 5.92 Å². The number of aliphatic hydroxyl groups is 12. The van der Waals surface area contributed by atoms with Gasteiger partial charge in [-0.25, -0.2) is 4.79 Å². The Hall–Kier alpha value is -3.66. The summed E-state index contributed by atoms with van der Waals surface area (Å²) < 4.78 is 44.8. The third kappa shape index (κ3) is 11.2. The highest BCUT2D eigenvalue weighted by Crippen LogP contribution is 2.36. The quantitative estimate of drug-likeness (QED) is 0.0632. The molecule has 0 spiro atoms. The molecule has 17 unspecified atom stereocenters. The van der Waals surface area contributed by atoms with Gasteiger partial charge in [0, 0.05) is 0 Å². The molecule has 0 aromatic heterocycles. The zero-order valence-corrected chi connectivity index (χ0v) is 33.8. The van der Waals surface area contributed by atoms with Crippen LogP contribution in [0.4, 0.5) is 0 Å². The molecule has 2 aromatic rings. The Morgan fingerprint density at radius 1 is 0.565 bits per heavy atom. The van der Waals surface area contributed by atoms with Crippen LogP contribution in [0.3, 0.4) is 0 Å². The molecule has 3 aliphatic rings. The van der Waals surface area contributed by atoms with Crippen LogP contribution in [0.25, 0.3) is 0 Å². The largest absolute Gasteiger partial charge is 0.462 e. The lowest BCUT2D eigenvalue weighted by Crippen LogP contribution is -2.63. The van der Waals surface area contributed by atoms with E-state index in [1.54, 1.807) is 13.8 Å². The van der Waals surface area contributed by atoms with Crippen molar-refractivity contribution in [3.05, 3.63) is 59.7 Å². The molecule has 12 N–H and O–H groups in total. The van der Waals surface area contributed by atoms with Crippen molar-refractivity contribution in [1.29, 1.82) is 0 Å². The third-order valence-corrected chi connectivity index (χ3v) is 11.2. The fourth-order valence-corrected chi connectivity index (χ4v) is 6.98. The average molecular weight is 889 g/mol. The van der Waals surface area contributed by atoms with Crippen LogP contribution in [-0.4, -0.2) is 191 Å². The second kappa shape index (κ2) is 21.8. The van der Waals surface area contributed by atoms with E-state index in [-0.39, 0.29) is 24.5 Å². The Bertz CT molecular complexity index is 1710. The normalized spacial score (nSPS) is 35.3. The Balaban J connectivity index is 1.29. The van der Waals surface area contributed by atoms with Gasteiger partial charge in [-0.15, -0.1) is 0 Å². The van der Waals surface area contributed by atoms with E-state index in [1.807, 2.05) is 0 Å². The lowest BCUT2D eigenvalue weighted by molar-refractivity contribution is -0.330. The molecule has 3 saturated heterocycles. The average Bonchev–Trinajstić information content (AvgIpc) is 3.28. The first-order valence-corrected chi connectivity index (χ1v) is 19.9. The van der Waals surface area contributed by atoms with E-state index < -0.39 is 148 Å². The summed E-state index contributed by atoms with van der Waals surface area (Å²) in [5.41, 5.74) is -1.47. The highest BCUT2D eigenvalue weighted by molar-refractivity contribution is 5.86. The van der Waals surface area contributed by atoms with Gasteiger partial charge in [0.15, 0.2) is 11.9 Å². The van der Waals surface area contributed by atoms with Crippen LogP contribution >= 0.6 is 0 Å². The van der Waals surface area contributed by atoms with Crippen molar-refractivity contribution in [2.75, 3.05) is 19.8 Å². The first kappa shape index (κ1) is 49.4. The topological polar surface area (TPSA) is 351 Å². The van der Waals surface area contributed by atoms with Crippen LogP contribution in [0.2, 0.25) is 0 Å². The molecule has 5 rings (SSSR count). The monoisotopic (exact) mass is 888 g/mol. The van der Waals surface area contributed by atoms with Crippen molar-refractivity contribution in [3.63, 3.8) is 0 Å². The molecule has 22 nitrogen and oxygen atoms in total. The molecule has 3 heterocycles. The molecule has 62 heavy (non-hydrogen) atoms. The minimum atomic E-state index is -2.27. The van der Waals surface area contributed by atoms with Crippen molar-refractivity contribution < 1.29 is 109 Å². The second-order valence-electron chi connectivity index (χ2n) is 15.3. The molecule has 3 fully saturated rings. The number of carbonyl (C=O) groups excluding carboxylic acids is 2. The zero-order chi connectivity index (χ0) is 45.5. The highest BCUT2D eigenvalue weighted by atomic mass is 16.7. The summed E-state index contributed by atoms with van der Waals surface area (Å²) in [5, 5.41) is 121. The Morgan fingerprint density at radius 3 is 1.32 bits per heavy atom. The number of hydrogen-bond acceptors (Lipinski definition) is 22. The number of aliphatic hydroxyl groups excluding tert-OH is 12. The SMILES string of the molecule is CCC(C)C(CC(=O)OCc1ccc(OC2OC(CO)C(O)C(O)C2O)cc1)(OC1OC(CO)C(O)C(O)C1O)C(=O)OCc1ccc(OC2OC(CO)C(O)C(O)C2O)cc1. The molecule has 0 aliphatic carbocycles. The number of ether oxygens (including phenoxy) is 8. The first-order chi connectivity index (χ1) is 29.5. The molecule has 17 atom stereocenters. The van der Waals surface area contributed by atoms with Crippen molar-refractivity contribution in [1.82, 2.24) is 0 Å². The number of rotatable bonds is 18. The van der Waals surface area contributed by atoms with E-state index in [0.717, 1.165) is 0 Å². The Labute approximate surface area is 354 Å². The molecule has 2 aromatic carbocycles. The van der Waals surface area contributed by atoms with Crippen molar-refractivity contribution >= 4 is 11.9 Å². The minimum Gasteiger partial charge on any atom is -0.462 e. The highest BCUT2D eigenvalue weighted by Gasteiger charge is 2.54. The van der Waals surface area contributed by atoms with Gasteiger partial charge in [-0.3, -0.25) is 4.79 Å². The Kier molecular flexibility index (Phi) is 17.4. The summed E-state index contributed by atoms with van der Waals surface area (Å²) in [7, 11) is 0. The summed E-state index contributed by atoms with van der Waals surface area (Å²) in [6.07, 6.45) is -24.6. The number of hydrogen-bond donors (Lipinski definition) is 12. The third-order valence-electron chi connectivity index (χ3n) is 11.2. The van der Waals surface area contributed by atoms with Gasteiger partial charge in [-0.2, -0.15) is 0 Å². The van der Waals surface area contributed by atoms with Crippen LogP contribution in [-0.2, 0) is 51.2 Å². The van der Waals surface area contributed by atoms with Gasteiger partial charge >= 0.3 is 11.9 Å². The number of benzene rings is 2. The van der Waals surface area contributed by atoms with E-state index in [4.69, 9.17) is 37.9 Å². The van der Waals surface area contributed by atoms with E-state index in [9.17, 15) is 70.9 Å². The Morgan fingerprint density at radius 2 is 0.935 bits per heavy atom. The lowest BCUT2D eigenvalue weighted by Gasteiger charge is -2.44. The van der Waals surface area contributed by atoms with Crippen LogP contribution in [0, 0.1) is 5.92 Å². The summed E-state index contributed by atoms with van der Waals surface area (Å²) in [6, 6.07) is 11.6. The van der Waals surface area contributed by atoms with E-state index in [2.05, 4.69) is 0 Å². The molecule has 0 amide bonds. The standard InChI is InChI=1S/C40H56O22/c1-3-18(2)40(62-38-35(53)32(50)29(47)25(15-43)61-38,39(54)56-17-20-6-10-22(11-7-20)58-37-34(52)31(49)28(46)24(14-42)60-37)12-26(44)55-16-19-4-8-21(9-5-19)57-36-33(51)30(48)27(45)23(13-41)59-36/h4-11,18,23-25,27-38,41-43,45-53H,3,12-17H2,1-2H3. The minimum absolute atomic E-state index is 0.128. The van der Waals surface area contributed by atoms with Gasteiger partial charge in [0.05, 0.1) is 26.2 Å². The molecular formula is C40H56O22. The molecule has 348 valence electrons. The van der Waals surface area contributed by atoms with Crippen LogP contribution in [0.15, 0.2) is 48.5 Å². The van der Waals surface area contributed by atoms with Crippen molar-refractivity contribution in [3.8, 4) is 11.5 Å². The summed E-state index contributed by atoms with van der Waals surface area (Å²) in [5.74, 6) is -2.70. The lowest BCUT2D eigenvalue weighted by atomic mass is 9.83. The zero-order valence-electron chi connectivity index (χ0n) is 33.8. The molecule has 0 bridgehead atoms. The number of esters is 2. The predicted molar refractivity (Wildman–Crippen MR) is 203 cm³/mol. The fraction of sp³-hybridized carbons (Fsp3) is 0.650. The second-order valence-corrected chi connectivity index (χ2v) is 15.3. The van der Waals surface area contributed by atoms with Crippen LogP contribution in [0.5, 0.6) is 11.5 Å². The fourth-order valence-electron chi connectivity index (χ4n) is 6.98. The molecule has 0 saturated carbocycles. The predicted octanol–water partition coefficient (Wildman–Crippen LogP) is -4.18. The van der Waals surface area contributed by atoms with Crippen molar-refractivity contribution in [2.45, 2.75) is 138 Å². The van der Waals surface area contributed by atoms with Gasteiger partial charge in [-0.1, -0.05) is 44.5 Å². The van der Waals surface area contributed by atoms with Gasteiger partial charge in [0.2, 0.25) is 12.6 Å².